The molecule has 0 fully saturated rings. The second-order valence-corrected chi connectivity index (χ2v) is 3.53. The van der Waals surface area contributed by atoms with Gasteiger partial charge in [0.15, 0.2) is 11.5 Å². The molecule has 0 bridgehead atoms. The van der Waals surface area contributed by atoms with Crippen molar-refractivity contribution in [2.45, 2.75) is 12.8 Å². The van der Waals surface area contributed by atoms with E-state index >= 15 is 0 Å². The molecule has 0 spiro atoms. The lowest BCUT2D eigenvalue weighted by Gasteiger charge is -2.13. The lowest BCUT2D eigenvalue weighted by molar-refractivity contribution is 0.0191. The second-order valence-electron chi connectivity index (χ2n) is 3.53. The smallest absolute Gasteiger partial charge is 0.167 e. The molecule has 2 rings (SSSR count). The van der Waals surface area contributed by atoms with E-state index in [1.165, 1.54) is 6.33 Å². The zero-order valence-corrected chi connectivity index (χ0v) is 9.28. The van der Waals surface area contributed by atoms with Crippen molar-refractivity contribution in [1.82, 2.24) is 19.5 Å². The maximum absolute atomic E-state index is 5.67. The van der Waals surface area contributed by atoms with E-state index < -0.39 is 0 Å². The maximum Gasteiger partial charge on any atom is 0.167 e. The Morgan fingerprint density at radius 1 is 1.24 bits per heavy atom. The van der Waals surface area contributed by atoms with Gasteiger partial charge in [-0.3, -0.25) is 4.57 Å². The Kier molecular flexibility index (Phi) is 3.47. The Morgan fingerprint density at radius 3 is 2.71 bits per heavy atom. The van der Waals surface area contributed by atoms with Crippen LogP contribution in [0.25, 0.3) is 11.2 Å². The van der Waals surface area contributed by atoms with Gasteiger partial charge in [0, 0.05) is 13.1 Å². The molecular weight excluding hydrogens is 222 g/mol. The number of hydrogen-bond acceptors (Lipinski definition) is 7. The van der Waals surface area contributed by atoms with E-state index in [1.54, 1.807) is 10.9 Å². The van der Waals surface area contributed by atoms with Crippen LogP contribution in [0.15, 0.2) is 12.7 Å². The molecule has 0 aliphatic carbocycles. The summed E-state index contributed by atoms with van der Waals surface area (Å²) in [7, 11) is 0. The van der Waals surface area contributed by atoms with Crippen molar-refractivity contribution in [3.63, 3.8) is 0 Å². The van der Waals surface area contributed by atoms with Gasteiger partial charge in [-0.15, -0.1) is 0 Å². The predicted molar refractivity (Wildman–Crippen MR) is 62.7 cm³/mol. The maximum atomic E-state index is 5.67. The zero-order valence-electron chi connectivity index (χ0n) is 9.28. The van der Waals surface area contributed by atoms with Crippen LogP contribution in [-0.2, 0) is 11.5 Å². The molecular formula is C9H15N7O. The number of nitrogen functional groups attached to an aromatic ring is 1. The molecule has 92 valence electrons. The van der Waals surface area contributed by atoms with E-state index in [-0.39, 0.29) is 12.8 Å². The molecule has 8 heteroatoms. The summed E-state index contributed by atoms with van der Waals surface area (Å²) >= 11 is 0. The van der Waals surface area contributed by atoms with Crippen molar-refractivity contribution in [2.24, 2.45) is 11.5 Å². The van der Waals surface area contributed by atoms with Gasteiger partial charge in [0.2, 0.25) is 0 Å². The van der Waals surface area contributed by atoms with Gasteiger partial charge in [0.25, 0.3) is 0 Å². The predicted octanol–water partition coefficient (Wildman–Crippen LogP) is -1.33. The van der Waals surface area contributed by atoms with Crippen molar-refractivity contribution >= 4 is 17.0 Å². The minimum atomic E-state index is -0.174. The van der Waals surface area contributed by atoms with Crippen LogP contribution in [0, 0.1) is 0 Å². The highest BCUT2D eigenvalue weighted by Crippen LogP contribution is 2.14. The standard InChI is InChI=1S/C9H15N7O/c10-1-6(2-11)17-5-16-4-15-7-8(12)13-3-14-9(7)16/h3-4,6H,1-2,5,10-11H2,(H2,12,13,14). The van der Waals surface area contributed by atoms with Gasteiger partial charge in [-0.1, -0.05) is 0 Å². The molecule has 0 unspecified atom stereocenters. The van der Waals surface area contributed by atoms with Gasteiger partial charge in [-0.05, 0) is 0 Å². The van der Waals surface area contributed by atoms with Crippen LogP contribution >= 0.6 is 0 Å². The average Bonchev–Trinajstić information content (AvgIpc) is 2.75. The molecule has 2 aromatic heterocycles. The van der Waals surface area contributed by atoms with Gasteiger partial charge in [-0.25, -0.2) is 15.0 Å². The van der Waals surface area contributed by atoms with Crippen LogP contribution in [0.1, 0.15) is 0 Å². The molecule has 0 aliphatic heterocycles. The molecule has 0 atom stereocenters. The number of fused-ring (bicyclic) bond motifs is 1. The van der Waals surface area contributed by atoms with Crippen molar-refractivity contribution in [1.29, 1.82) is 0 Å². The third kappa shape index (κ3) is 2.33. The summed E-state index contributed by atoms with van der Waals surface area (Å²) in [6.07, 6.45) is 2.81. The number of nitrogens with two attached hydrogens (primary N) is 3. The second kappa shape index (κ2) is 5.04. The van der Waals surface area contributed by atoms with Crippen LogP contribution in [0.2, 0.25) is 0 Å². The molecule has 0 aliphatic rings. The number of hydrogen-bond donors (Lipinski definition) is 3. The fourth-order valence-corrected chi connectivity index (χ4v) is 1.41. The van der Waals surface area contributed by atoms with E-state index in [1.807, 2.05) is 0 Å². The molecule has 2 aromatic rings. The zero-order chi connectivity index (χ0) is 12.3. The van der Waals surface area contributed by atoms with Gasteiger partial charge >= 0.3 is 0 Å². The topological polar surface area (TPSA) is 131 Å². The molecule has 8 nitrogen and oxygen atoms in total. The largest absolute Gasteiger partial charge is 0.382 e. The molecule has 2 heterocycles. The van der Waals surface area contributed by atoms with Crippen LogP contribution < -0.4 is 17.2 Å². The van der Waals surface area contributed by atoms with Gasteiger partial charge in [-0.2, -0.15) is 0 Å². The molecule has 0 radical (unpaired) electrons. The molecule has 0 saturated heterocycles. The van der Waals surface area contributed by atoms with E-state index in [4.69, 9.17) is 21.9 Å². The first-order chi connectivity index (χ1) is 8.26. The normalized spacial score (nSPS) is 11.5. The van der Waals surface area contributed by atoms with Crippen LogP contribution in [-0.4, -0.2) is 38.7 Å². The highest BCUT2D eigenvalue weighted by atomic mass is 16.5. The monoisotopic (exact) mass is 237 g/mol. The molecule has 0 aromatic carbocycles. The van der Waals surface area contributed by atoms with Crippen molar-refractivity contribution in [3.05, 3.63) is 12.7 Å². The summed E-state index contributed by atoms with van der Waals surface area (Å²) in [4.78, 5) is 12.1. The average molecular weight is 237 g/mol. The fourth-order valence-electron chi connectivity index (χ4n) is 1.41. The number of nitrogens with zero attached hydrogens (tertiary/aromatic N) is 4. The number of anilines is 1. The third-order valence-electron chi connectivity index (χ3n) is 2.40. The van der Waals surface area contributed by atoms with Crippen molar-refractivity contribution in [3.8, 4) is 0 Å². The van der Waals surface area contributed by atoms with Crippen LogP contribution in [0.5, 0.6) is 0 Å². The van der Waals surface area contributed by atoms with E-state index in [9.17, 15) is 0 Å². The van der Waals surface area contributed by atoms with E-state index in [2.05, 4.69) is 15.0 Å². The van der Waals surface area contributed by atoms with Gasteiger partial charge in [0.1, 0.15) is 18.6 Å². The van der Waals surface area contributed by atoms with Gasteiger partial charge in [0.05, 0.1) is 12.4 Å². The third-order valence-corrected chi connectivity index (χ3v) is 2.40. The molecule has 17 heavy (non-hydrogen) atoms. The Labute approximate surface area is 97.8 Å². The molecule has 6 N–H and O–H groups in total. The van der Waals surface area contributed by atoms with E-state index in [0.29, 0.717) is 30.1 Å². The summed E-state index contributed by atoms with van der Waals surface area (Å²) < 4.78 is 7.23. The highest BCUT2D eigenvalue weighted by Gasteiger charge is 2.09. The summed E-state index contributed by atoms with van der Waals surface area (Å²) in [6.45, 7) is 1.03. The Bertz CT molecular complexity index is 493. The number of aromatic nitrogens is 4. The molecule has 0 amide bonds. The Morgan fingerprint density at radius 2 is 2.00 bits per heavy atom. The van der Waals surface area contributed by atoms with Crippen LogP contribution in [0.3, 0.4) is 0 Å². The Hall–Kier alpha value is -1.77. The minimum absolute atomic E-state index is 0.174. The number of rotatable bonds is 5. The first kappa shape index (κ1) is 11.7. The lowest BCUT2D eigenvalue weighted by atomic mass is 10.4. The molecule has 0 saturated carbocycles. The summed E-state index contributed by atoms with van der Waals surface area (Å²) in [5.41, 5.74) is 17.8. The van der Waals surface area contributed by atoms with Crippen molar-refractivity contribution < 1.29 is 4.74 Å². The van der Waals surface area contributed by atoms with E-state index in [0.717, 1.165) is 0 Å². The number of ether oxygens (including phenoxy) is 1. The summed E-state index contributed by atoms with van der Waals surface area (Å²) in [5, 5.41) is 0. The summed E-state index contributed by atoms with van der Waals surface area (Å²) in [5.74, 6) is 0.350. The Balaban J connectivity index is 2.17. The van der Waals surface area contributed by atoms with Gasteiger partial charge < -0.3 is 21.9 Å². The lowest BCUT2D eigenvalue weighted by Crippen LogP contribution is -2.32. The van der Waals surface area contributed by atoms with Crippen LogP contribution in [0.4, 0.5) is 5.82 Å². The first-order valence-electron chi connectivity index (χ1n) is 5.19. The van der Waals surface area contributed by atoms with Crippen molar-refractivity contribution in [2.75, 3.05) is 18.8 Å². The first-order valence-corrected chi connectivity index (χ1v) is 5.19. The SMILES string of the molecule is NCC(CN)OCn1cnc2c(N)ncnc21. The fraction of sp³-hybridized carbons (Fsp3) is 0.444. The highest BCUT2D eigenvalue weighted by molar-refractivity contribution is 5.80. The number of imidazole rings is 1. The quantitative estimate of drug-likeness (QED) is 0.587. The minimum Gasteiger partial charge on any atom is -0.382 e. The summed E-state index contributed by atoms with van der Waals surface area (Å²) in [6, 6.07) is 0.